The minimum absolute atomic E-state index is 0.0572. The molecule has 2 aromatic rings. The van der Waals surface area contributed by atoms with Crippen LogP contribution in [-0.2, 0) is 14.8 Å². The summed E-state index contributed by atoms with van der Waals surface area (Å²) in [5, 5.41) is 0.0572. The second kappa shape index (κ2) is 8.40. The van der Waals surface area contributed by atoms with Crippen molar-refractivity contribution in [3.63, 3.8) is 0 Å². The van der Waals surface area contributed by atoms with Gasteiger partial charge in [-0.3, -0.25) is 4.79 Å². The van der Waals surface area contributed by atoms with Gasteiger partial charge in [0.05, 0.1) is 19.6 Å². The predicted molar refractivity (Wildman–Crippen MR) is 97.0 cm³/mol. The van der Waals surface area contributed by atoms with Crippen molar-refractivity contribution in [1.29, 1.82) is 0 Å². The Balaban J connectivity index is 1.58. The fourth-order valence-corrected chi connectivity index (χ4v) is 4.24. The van der Waals surface area contributed by atoms with Crippen LogP contribution in [0.3, 0.4) is 0 Å². The molecule has 0 spiro atoms. The molecule has 0 aliphatic carbocycles. The Kier molecular flexibility index (Phi) is 5.97. The molecule has 0 radical (unpaired) electrons. The Morgan fingerprint density at radius 1 is 1.19 bits per heavy atom. The van der Waals surface area contributed by atoms with E-state index in [1.807, 2.05) is 6.07 Å². The number of H-pyrrole nitrogens is 1. The number of benzene rings is 1. The van der Waals surface area contributed by atoms with Crippen LogP contribution in [0, 0.1) is 0 Å². The summed E-state index contributed by atoms with van der Waals surface area (Å²) in [5.41, 5.74) is 0. The summed E-state index contributed by atoms with van der Waals surface area (Å²) < 4.78 is 37.3. The Bertz CT molecular complexity index is 869. The third kappa shape index (κ3) is 4.40. The number of aromatic nitrogens is 2. The summed E-state index contributed by atoms with van der Waals surface area (Å²) in [4.78, 5) is 20.5. The van der Waals surface area contributed by atoms with Gasteiger partial charge in [0.2, 0.25) is 0 Å². The summed E-state index contributed by atoms with van der Waals surface area (Å²) in [6, 6.07) is 7.10. The Morgan fingerprint density at radius 3 is 2.67 bits per heavy atom. The molecule has 1 aromatic heterocycles. The van der Waals surface area contributed by atoms with E-state index in [9.17, 15) is 13.2 Å². The highest BCUT2D eigenvalue weighted by atomic mass is 32.2. The number of carbonyl (C=O) groups is 1. The molecule has 10 heteroatoms. The number of nitrogens with zero attached hydrogens (tertiary/aromatic N) is 3. The van der Waals surface area contributed by atoms with E-state index in [0.29, 0.717) is 37.6 Å². The van der Waals surface area contributed by atoms with Gasteiger partial charge < -0.3 is 19.4 Å². The van der Waals surface area contributed by atoms with Crippen LogP contribution in [0.1, 0.15) is 6.42 Å². The Hall–Kier alpha value is -2.59. The van der Waals surface area contributed by atoms with Crippen LogP contribution in [0.4, 0.5) is 0 Å². The monoisotopic (exact) mass is 394 g/mol. The number of imidazole rings is 1. The smallest absolute Gasteiger partial charge is 0.260 e. The van der Waals surface area contributed by atoms with Gasteiger partial charge >= 0.3 is 0 Å². The van der Waals surface area contributed by atoms with Gasteiger partial charge in [-0.1, -0.05) is 12.1 Å². The molecule has 1 N–H and O–H groups in total. The maximum atomic E-state index is 12.6. The van der Waals surface area contributed by atoms with Crippen molar-refractivity contribution < 1.29 is 22.7 Å². The number of sulfonamides is 1. The number of hydrogen-bond donors (Lipinski definition) is 1. The molecule has 1 amide bonds. The second-order valence-corrected chi connectivity index (χ2v) is 7.90. The zero-order valence-electron chi connectivity index (χ0n) is 15.0. The fourth-order valence-electron chi connectivity index (χ4n) is 2.88. The van der Waals surface area contributed by atoms with Crippen LogP contribution < -0.4 is 9.47 Å². The molecule has 3 rings (SSSR count). The fraction of sp³-hybridized carbons (Fsp3) is 0.412. The van der Waals surface area contributed by atoms with Gasteiger partial charge in [0.1, 0.15) is 0 Å². The van der Waals surface area contributed by atoms with Crippen molar-refractivity contribution in [3.8, 4) is 11.5 Å². The highest BCUT2D eigenvalue weighted by Crippen LogP contribution is 2.25. The molecular weight excluding hydrogens is 372 g/mol. The number of aromatic amines is 1. The molecule has 0 bridgehead atoms. The summed E-state index contributed by atoms with van der Waals surface area (Å²) in [6.07, 6.45) is 3.16. The van der Waals surface area contributed by atoms with Crippen molar-refractivity contribution in [3.05, 3.63) is 36.8 Å². The first-order valence-electron chi connectivity index (χ1n) is 8.54. The highest BCUT2D eigenvalue weighted by Gasteiger charge is 2.29. The van der Waals surface area contributed by atoms with E-state index in [4.69, 9.17) is 9.47 Å². The zero-order valence-corrected chi connectivity index (χ0v) is 15.8. The van der Waals surface area contributed by atoms with E-state index < -0.39 is 10.0 Å². The lowest BCUT2D eigenvalue weighted by Crippen LogP contribution is -2.39. The van der Waals surface area contributed by atoms with Gasteiger partial charge in [-0.05, 0) is 18.6 Å². The SMILES string of the molecule is COc1ccccc1OCC(=O)N1CCCN(S(=O)(=O)c2cnc[nH]2)CC1. The first-order chi connectivity index (χ1) is 13.0. The predicted octanol–water partition coefficient (Wildman–Crippen LogP) is 0.720. The van der Waals surface area contributed by atoms with E-state index in [1.54, 1.807) is 23.1 Å². The molecular formula is C17H22N4O5S. The van der Waals surface area contributed by atoms with Crippen LogP contribution in [0.5, 0.6) is 11.5 Å². The summed E-state index contributed by atoms with van der Waals surface area (Å²) in [7, 11) is -2.09. The topological polar surface area (TPSA) is 105 Å². The lowest BCUT2D eigenvalue weighted by atomic mass is 10.3. The normalized spacial score (nSPS) is 16.0. The van der Waals surface area contributed by atoms with Gasteiger partial charge in [0.15, 0.2) is 23.1 Å². The largest absolute Gasteiger partial charge is 0.493 e. The highest BCUT2D eigenvalue weighted by molar-refractivity contribution is 7.89. The van der Waals surface area contributed by atoms with Gasteiger partial charge in [0.25, 0.3) is 15.9 Å². The molecule has 1 fully saturated rings. The number of methoxy groups -OCH3 is 1. The van der Waals surface area contributed by atoms with Crippen LogP contribution in [-0.4, -0.2) is 73.4 Å². The molecule has 1 saturated heterocycles. The number of carbonyl (C=O) groups excluding carboxylic acids is 1. The van der Waals surface area contributed by atoms with Crippen molar-refractivity contribution in [1.82, 2.24) is 19.2 Å². The summed E-state index contributed by atoms with van der Waals surface area (Å²) in [6.45, 7) is 1.22. The number of para-hydroxylation sites is 2. The molecule has 27 heavy (non-hydrogen) atoms. The van der Waals surface area contributed by atoms with E-state index in [1.165, 1.54) is 23.9 Å². The van der Waals surface area contributed by atoms with Gasteiger partial charge in [-0.25, -0.2) is 13.4 Å². The van der Waals surface area contributed by atoms with Crippen molar-refractivity contribution in [2.75, 3.05) is 39.9 Å². The summed E-state index contributed by atoms with van der Waals surface area (Å²) in [5.74, 6) is 0.853. The van der Waals surface area contributed by atoms with Gasteiger partial charge in [0, 0.05) is 26.2 Å². The first-order valence-corrected chi connectivity index (χ1v) is 9.98. The number of nitrogens with one attached hydrogen (secondary N) is 1. The number of rotatable bonds is 6. The molecule has 1 aliphatic heterocycles. The maximum Gasteiger partial charge on any atom is 0.260 e. The van der Waals surface area contributed by atoms with Crippen molar-refractivity contribution >= 4 is 15.9 Å². The standard InChI is InChI=1S/C17H22N4O5S/c1-25-14-5-2-3-6-15(14)26-12-17(22)20-7-4-8-21(10-9-20)27(23,24)16-11-18-13-19-16/h2-3,5-6,11,13H,4,7-10,12H2,1H3,(H,18,19). The zero-order chi connectivity index (χ0) is 19.3. The Morgan fingerprint density at radius 2 is 1.96 bits per heavy atom. The molecule has 9 nitrogen and oxygen atoms in total. The van der Waals surface area contributed by atoms with Crippen LogP contribution in [0.25, 0.3) is 0 Å². The quantitative estimate of drug-likeness (QED) is 0.774. The molecule has 1 aliphatic rings. The lowest BCUT2D eigenvalue weighted by molar-refractivity contribution is -0.133. The van der Waals surface area contributed by atoms with E-state index >= 15 is 0 Å². The number of ether oxygens (including phenoxy) is 2. The van der Waals surface area contributed by atoms with E-state index in [2.05, 4.69) is 9.97 Å². The second-order valence-electron chi connectivity index (χ2n) is 5.99. The first kappa shape index (κ1) is 19.2. The molecule has 1 aromatic carbocycles. The Labute approximate surface area is 158 Å². The van der Waals surface area contributed by atoms with Crippen LogP contribution >= 0.6 is 0 Å². The minimum atomic E-state index is -3.63. The number of amides is 1. The third-order valence-electron chi connectivity index (χ3n) is 4.32. The molecule has 0 atom stereocenters. The average Bonchev–Trinajstić information content (AvgIpc) is 3.11. The van der Waals surface area contributed by atoms with Gasteiger partial charge in [-0.2, -0.15) is 4.31 Å². The molecule has 0 saturated carbocycles. The average molecular weight is 394 g/mol. The van der Waals surface area contributed by atoms with E-state index in [-0.39, 0.29) is 24.1 Å². The molecule has 2 heterocycles. The van der Waals surface area contributed by atoms with Crippen molar-refractivity contribution in [2.24, 2.45) is 0 Å². The lowest BCUT2D eigenvalue weighted by Gasteiger charge is -2.21. The van der Waals surface area contributed by atoms with Gasteiger partial charge in [-0.15, -0.1) is 0 Å². The third-order valence-corrected chi connectivity index (χ3v) is 6.14. The van der Waals surface area contributed by atoms with Crippen LogP contribution in [0.2, 0.25) is 0 Å². The summed E-state index contributed by atoms with van der Waals surface area (Å²) >= 11 is 0. The molecule has 146 valence electrons. The molecule has 0 unspecified atom stereocenters. The maximum absolute atomic E-state index is 12.6. The van der Waals surface area contributed by atoms with Crippen molar-refractivity contribution in [2.45, 2.75) is 11.4 Å². The number of hydrogen-bond acceptors (Lipinski definition) is 6. The van der Waals surface area contributed by atoms with E-state index in [0.717, 1.165) is 0 Å². The van der Waals surface area contributed by atoms with Crippen LogP contribution in [0.15, 0.2) is 41.8 Å². The minimum Gasteiger partial charge on any atom is -0.493 e.